The molecule has 2 heterocycles. The molecule has 5 nitrogen and oxygen atoms in total. The Balaban J connectivity index is 0.00000176. The number of amides is 2. The second-order valence-corrected chi connectivity index (χ2v) is 6.78. The number of rotatable bonds is 5. The summed E-state index contributed by atoms with van der Waals surface area (Å²) < 4.78 is 0. The number of nitrogens with zero attached hydrogens (tertiary/aromatic N) is 2. The van der Waals surface area contributed by atoms with E-state index in [0.29, 0.717) is 19.0 Å². The van der Waals surface area contributed by atoms with Crippen LogP contribution in [0.4, 0.5) is 0 Å². The average Bonchev–Trinajstić information content (AvgIpc) is 3.32. The molecule has 0 aromatic heterocycles. The third kappa shape index (κ3) is 4.85. The minimum atomic E-state index is 0. The van der Waals surface area contributed by atoms with Crippen molar-refractivity contribution in [3.05, 3.63) is 0 Å². The lowest BCUT2D eigenvalue weighted by atomic mass is 10.0. The maximum absolute atomic E-state index is 12.3. The molecule has 0 spiro atoms. The molecular weight excluding hydrogens is 302 g/mol. The first-order chi connectivity index (χ1) is 10.2. The highest BCUT2D eigenvalue weighted by Crippen LogP contribution is 2.28. The van der Waals surface area contributed by atoms with Gasteiger partial charge in [0.2, 0.25) is 11.8 Å². The molecule has 0 aromatic carbocycles. The number of hydrogen-bond donors (Lipinski definition) is 1. The molecule has 3 fully saturated rings. The summed E-state index contributed by atoms with van der Waals surface area (Å²) >= 11 is 0. The number of carbonyl (C=O) groups is 2. The van der Waals surface area contributed by atoms with Gasteiger partial charge in [-0.25, -0.2) is 0 Å². The van der Waals surface area contributed by atoms with Crippen molar-refractivity contribution in [2.24, 2.45) is 5.92 Å². The molecule has 0 radical (unpaired) electrons. The maximum atomic E-state index is 12.3. The first-order valence-corrected chi connectivity index (χ1v) is 8.51. The molecule has 126 valence electrons. The fourth-order valence-corrected chi connectivity index (χ4v) is 3.28. The normalized spacial score (nSPS) is 23.4. The van der Waals surface area contributed by atoms with Gasteiger partial charge in [0.15, 0.2) is 0 Å². The van der Waals surface area contributed by atoms with Crippen molar-refractivity contribution in [3.63, 3.8) is 0 Å². The number of likely N-dealkylation sites (tertiary alicyclic amines) is 2. The summed E-state index contributed by atoms with van der Waals surface area (Å²) in [5.41, 5.74) is 0. The summed E-state index contributed by atoms with van der Waals surface area (Å²) in [7, 11) is 0. The molecule has 0 unspecified atom stereocenters. The summed E-state index contributed by atoms with van der Waals surface area (Å²) in [5.74, 6) is 1.19. The second-order valence-electron chi connectivity index (χ2n) is 6.78. The van der Waals surface area contributed by atoms with E-state index in [9.17, 15) is 9.59 Å². The van der Waals surface area contributed by atoms with Crippen molar-refractivity contribution in [1.82, 2.24) is 15.1 Å². The lowest BCUT2D eigenvalue weighted by Gasteiger charge is -2.34. The van der Waals surface area contributed by atoms with E-state index in [1.165, 1.54) is 12.8 Å². The predicted molar refractivity (Wildman–Crippen MR) is 88.0 cm³/mol. The second kappa shape index (κ2) is 8.16. The van der Waals surface area contributed by atoms with E-state index >= 15 is 0 Å². The highest BCUT2D eigenvalue weighted by molar-refractivity contribution is 5.85. The Labute approximate surface area is 139 Å². The van der Waals surface area contributed by atoms with Gasteiger partial charge in [-0.1, -0.05) is 0 Å². The standard InChI is InChI=1S/C16H27N3O2.ClH/c20-15-3-1-2-8-19(15)12-16(21)18-9-6-14(7-10-18)17-11-13-4-5-13;/h13-14,17H,1-12H2;1H. The Morgan fingerprint density at radius 1 is 1.09 bits per heavy atom. The molecule has 2 amide bonds. The molecule has 1 saturated carbocycles. The molecule has 0 bridgehead atoms. The van der Waals surface area contributed by atoms with Gasteiger partial charge in [-0.3, -0.25) is 9.59 Å². The van der Waals surface area contributed by atoms with Gasteiger partial charge in [0.1, 0.15) is 0 Å². The number of piperidine rings is 2. The van der Waals surface area contributed by atoms with Crippen molar-refractivity contribution in [2.75, 3.05) is 32.7 Å². The van der Waals surface area contributed by atoms with Gasteiger partial charge in [0, 0.05) is 32.1 Å². The molecule has 3 rings (SSSR count). The van der Waals surface area contributed by atoms with E-state index in [1.54, 1.807) is 4.90 Å². The summed E-state index contributed by atoms with van der Waals surface area (Å²) in [6.07, 6.45) is 7.48. The first kappa shape index (κ1) is 17.5. The lowest BCUT2D eigenvalue weighted by Crippen LogP contribution is -2.49. The number of halogens is 1. The van der Waals surface area contributed by atoms with Gasteiger partial charge < -0.3 is 15.1 Å². The van der Waals surface area contributed by atoms with Gasteiger partial charge in [0.25, 0.3) is 0 Å². The van der Waals surface area contributed by atoms with Crippen molar-refractivity contribution in [3.8, 4) is 0 Å². The van der Waals surface area contributed by atoms with Gasteiger partial charge >= 0.3 is 0 Å². The molecular formula is C16H28ClN3O2. The summed E-state index contributed by atoms with van der Waals surface area (Å²) in [6.45, 7) is 3.87. The fraction of sp³-hybridized carbons (Fsp3) is 0.875. The molecule has 1 N–H and O–H groups in total. The highest BCUT2D eigenvalue weighted by atomic mass is 35.5. The average molecular weight is 330 g/mol. The molecule has 0 aromatic rings. The molecule has 2 aliphatic heterocycles. The van der Waals surface area contributed by atoms with E-state index in [2.05, 4.69) is 5.32 Å². The van der Waals surface area contributed by atoms with E-state index in [1.807, 2.05) is 4.90 Å². The fourth-order valence-electron chi connectivity index (χ4n) is 3.28. The van der Waals surface area contributed by atoms with Gasteiger partial charge in [-0.15, -0.1) is 12.4 Å². The van der Waals surface area contributed by atoms with Crippen LogP contribution in [0.2, 0.25) is 0 Å². The highest BCUT2D eigenvalue weighted by Gasteiger charge is 2.28. The van der Waals surface area contributed by atoms with Crippen LogP contribution in [0.5, 0.6) is 0 Å². The zero-order chi connectivity index (χ0) is 14.7. The van der Waals surface area contributed by atoms with Crippen LogP contribution in [0.1, 0.15) is 44.9 Å². The summed E-state index contributed by atoms with van der Waals surface area (Å²) in [4.78, 5) is 27.8. The third-order valence-electron chi connectivity index (χ3n) is 4.99. The number of nitrogens with one attached hydrogen (secondary N) is 1. The molecule has 1 aliphatic carbocycles. The molecule has 6 heteroatoms. The van der Waals surface area contributed by atoms with Crippen molar-refractivity contribution < 1.29 is 9.59 Å². The van der Waals surface area contributed by atoms with Crippen LogP contribution in [0.25, 0.3) is 0 Å². The van der Waals surface area contributed by atoms with Crippen LogP contribution < -0.4 is 5.32 Å². The smallest absolute Gasteiger partial charge is 0.242 e. The zero-order valence-electron chi connectivity index (χ0n) is 13.3. The van der Waals surface area contributed by atoms with Crippen LogP contribution in [0.3, 0.4) is 0 Å². The zero-order valence-corrected chi connectivity index (χ0v) is 14.1. The third-order valence-corrected chi connectivity index (χ3v) is 4.99. The summed E-state index contributed by atoms with van der Waals surface area (Å²) in [6, 6.07) is 0.575. The minimum Gasteiger partial charge on any atom is -0.341 e. The largest absolute Gasteiger partial charge is 0.341 e. The summed E-state index contributed by atoms with van der Waals surface area (Å²) in [5, 5.41) is 3.63. The Morgan fingerprint density at radius 2 is 1.82 bits per heavy atom. The maximum Gasteiger partial charge on any atom is 0.242 e. The Bertz CT molecular complexity index is 393. The topological polar surface area (TPSA) is 52.7 Å². The molecule has 0 atom stereocenters. The molecule has 22 heavy (non-hydrogen) atoms. The van der Waals surface area contributed by atoms with Crippen LogP contribution >= 0.6 is 12.4 Å². The SMILES string of the molecule is Cl.O=C(CN1CCCCC1=O)N1CCC(NCC2CC2)CC1. The molecule has 2 saturated heterocycles. The number of carbonyl (C=O) groups excluding carboxylic acids is 2. The van der Waals surface area contributed by atoms with Crippen molar-refractivity contribution in [1.29, 1.82) is 0 Å². The minimum absolute atomic E-state index is 0. The van der Waals surface area contributed by atoms with Gasteiger partial charge in [-0.05, 0) is 51.0 Å². The lowest BCUT2D eigenvalue weighted by molar-refractivity contribution is -0.142. The van der Waals surface area contributed by atoms with E-state index in [4.69, 9.17) is 0 Å². The van der Waals surface area contributed by atoms with E-state index < -0.39 is 0 Å². The molecule has 3 aliphatic rings. The number of hydrogen-bond acceptors (Lipinski definition) is 3. The van der Waals surface area contributed by atoms with E-state index in [-0.39, 0.29) is 24.2 Å². The monoisotopic (exact) mass is 329 g/mol. The Kier molecular flexibility index (Phi) is 6.50. The van der Waals surface area contributed by atoms with Gasteiger partial charge in [-0.2, -0.15) is 0 Å². The van der Waals surface area contributed by atoms with Gasteiger partial charge in [0.05, 0.1) is 6.54 Å². The predicted octanol–water partition coefficient (Wildman–Crippen LogP) is 1.41. The van der Waals surface area contributed by atoms with Crippen molar-refractivity contribution >= 4 is 24.2 Å². The van der Waals surface area contributed by atoms with Crippen LogP contribution in [0, 0.1) is 5.92 Å². The Hall–Kier alpha value is -0.810. The van der Waals surface area contributed by atoms with Crippen LogP contribution in [0.15, 0.2) is 0 Å². The van der Waals surface area contributed by atoms with E-state index in [0.717, 1.165) is 57.8 Å². The van der Waals surface area contributed by atoms with Crippen LogP contribution in [-0.4, -0.2) is 60.4 Å². The quantitative estimate of drug-likeness (QED) is 0.829. The van der Waals surface area contributed by atoms with Crippen LogP contribution in [-0.2, 0) is 9.59 Å². The Morgan fingerprint density at radius 3 is 2.45 bits per heavy atom. The van der Waals surface area contributed by atoms with Crippen molar-refractivity contribution in [2.45, 2.75) is 51.0 Å². The first-order valence-electron chi connectivity index (χ1n) is 8.51.